The quantitative estimate of drug-likeness (QED) is 0.765. The van der Waals surface area contributed by atoms with E-state index in [1.807, 2.05) is 13.0 Å². The van der Waals surface area contributed by atoms with Crippen LogP contribution in [0.2, 0.25) is 0 Å². The second-order valence-corrected chi connectivity index (χ2v) is 3.48. The lowest BCUT2D eigenvalue weighted by atomic mass is 10.1. The Labute approximate surface area is 79.7 Å². The van der Waals surface area contributed by atoms with Crippen molar-refractivity contribution < 1.29 is 4.74 Å². The molecule has 0 fully saturated rings. The van der Waals surface area contributed by atoms with Crippen LogP contribution in [0.5, 0.6) is 0 Å². The number of rotatable bonds is 4. The van der Waals surface area contributed by atoms with Gasteiger partial charge in [-0.15, -0.1) is 0 Å². The molecule has 1 aromatic carbocycles. The van der Waals surface area contributed by atoms with Crippen molar-refractivity contribution in [2.45, 2.75) is 26.5 Å². The molecule has 0 aliphatic heterocycles. The number of hydrogen-bond acceptors (Lipinski definition) is 2. The van der Waals surface area contributed by atoms with Crippen LogP contribution >= 0.6 is 0 Å². The number of ether oxygens (including phenoxy) is 1. The lowest BCUT2D eigenvalue weighted by Gasteiger charge is -2.07. The highest BCUT2D eigenvalue weighted by Crippen LogP contribution is 2.05. The molecule has 0 saturated carbocycles. The van der Waals surface area contributed by atoms with Gasteiger partial charge in [0.15, 0.2) is 0 Å². The Morgan fingerprint density at radius 2 is 2.23 bits per heavy atom. The summed E-state index contributed by atoms with van der Waals surface area (Å²) in [5.41, 5.74) is 8.04. The third-order valence-electron chi connectivity index (χ3n) is 1.73. The minimum Gasteiger partial charge on any atom is -0.375 e. The number of hydrogen-bond donors (Lipinski definition) is 1. The SMILES string of the molecule is Cc1cccc(COC[C@@H](C)N)c1. The summed E-state index contributed by atoms with van der Waals surface area (Å²) in [6.45, 7) is 5.29. The zero-order chi connectivity index (χ0) is 9.68. The molecule has 2 nitrogen and oxygen atoms in total. The Hall–Kier alpha value is -0.860. The fourth-order valence-corrected chi connectivity index (χ4v) is 1.16. The maximum atomic E-state index is 5.56. The van der Waals surface area contributed by atoms with Crippen molar-refractivity contribution in [2.75, 3.05) is 6.61 Å². The van der Waals surface area contributed by atoms with Crippen molar-refractivity contribution >= 4 is 0 Å². The number of nitrogens with two attached hydrogens (primary N) is 1. The third kappa shape index (κ3) is 4.06. The molecule has 0 saturated heterocycles. The molecule has 1 atom stereocenters. The first-order valence-electron chi connectivity index (χ1n) is 4.57. The minimum atomic E-state index is 0.116. The monoisotopic (exact) mass is 179 g/mol. The summed E-state index contributed by atoms with van der Waals surface area (Å²) in [6.07, 6.45) is 0. The lowest BCUT2D eigenvalue weighted by Crippen LogP contribution is -2.21. The van der Waals surface area contributed by atoms with Gasteiger partial charge in [0.05, 0.1) is 13.2 Å². The van der Waals surface area contributed by atoms with Crippen LogP contribution < -0.4 is 5.73 Å². The molecule has 0 spiro atoms. The standard InChI is InChI=1S/C11H17NO/c1-9-4-3-5-11(6-9)8-13-7-10(2)12/h3-6,10H,7-8,12H2,1-2H3/t10-/m1/s1. The summed E-state index contributed by atoms with van der Waals surface area (Å²) in [5, 5.41) is 0. The van der Waals surface area contributed by atoms with Crippen LogP contribution in [0.4, 0.5) is 0 Å². The molecular formula is C11H17NO. The van der Waals surface area contributed by atoms with Crippen LogP contribution in [-0.4, -0.2) is 12.6 Å². The van der Waals surface area contributed by atoms with Gasteiger partial charge in [-0.25, -0.2) is 0 Å². The van der Waals surface area contributed by atoms with Crippen LogP contribution in [0.3, 0.4) is 0 Å². The average molecular weight is 179 g/mol. The number of benzene rings is 1. The Kier molecular flexibility index (Phi) is 3.93. The van der Waals surface area contributed by atoms with Crippen LogP contribution in [-0.2, 0) is 11.3 Å². The van der Waals surface area contributed by atoms with Crippen molar-refractivity contribution in [3.63, 3.8) is 0 Å². The summed E-state index contributed by atoms with van der Waals surface area (Å²) in [7, 11) is 0. The zero-order valence-corrected chi connectivity index (χ0v) is 8.29. The van der Waals surface area contributed by atoms with Crippen LogP contribution in [0.1, 0.15) is 18.1 Å². The smallest absolute Gasteiger partial charge is 0.0717 e. The highest BCUT2D eigenvalue weighted by molar-refractivity contribution is 5.21. The lowest BCUT2D eigenvalue weighted by molar-refractivity contribution is 0.111. The average Bonchev–Trinajstić information content (AvgIpc) is 2.03. The van der Waals surface area contributed by atoms with E-state index in [0.29, 0.717) is 13.2 Å². The van der Waals surface area contributed by atoms with E-state index in [-0.39, 0.29) is 6.04 Å². The molecule has 0 radical (unpaired) electrons. The Bertz CT molecular complexity index is 258. The van der Waals surface area contributed by atoms with Crippen molar-refractivity contribution in [3.05, 3.63) is 35.4 Å². The van der Waals surface area contributed by atoms with E-state index in [9.17, 15) is 0 Å². The van der Waals surface area contributed by atoms with Gasteiger partial charge in [0.2, 0.25) is 0 Å². The molecule has 0 heterocycles. The van der Waals surface area contributed by atoms with Crippen molar-refractivity contribution in [2.24, 2.45) is 5.73 Å². The third-order valence-corrected chi connectivity index (χ3v) is 1.73. The summed E-state index contributed by atoms with van der Waals surface area (Å²) in [5.74, 6) is 0. The molecule has 0 aliphatic carbocycles. The molecule has 0 amide bonds. The molecule has 0 aliphatic rings. The first-order chi connectivity index (χ1) is 6.18. The first-order valence-corrected chi connectivity index (χ1v) is 4.57. The predicted octanol–water partition coefficient (Wildman–Crippen LogP) is 1.86. The number of aryl methyl sites for hydroxylation is 1. The molecule has 1 rings (SSSR count). The van der Waals surface area contributed by atoms with Crippen molar-refractivity contribution in [1.29, 1.82) is 0 Å². The molecule has 2 N–H and O–H groups in total. The van der Waals surface area contributed by atoms with E-state index in [0.717, 1.165) is 0 Å². The maximum absolute atomic E-state index is 5.56. The van der Waals surface area contributed by atoms with Gasteiger partial charge < -0.3 is 10.5 Å². The molecule has 0 aromatic heterocycles. The highest BCUT2D eigenvalue weighted by atomic mass is 16.5. The van der Waals surface area contributed by atoms with Crippen molar-refractivity contribution in [3.8, 4) is 0 Å². The van der Waals surface area contributed by atoms with Gasteiger partial charge in [0.1, 0.15) is 0 Å². The molecule has 2 heteroatoms. The van der Waals surface area contributed by atoms with Gasteiger partial charge in [0.25, 0.3) is 0 Å². The van der Waals surface area contributed by atoms with Gasteiger partial charge in [-0.2, -0.15) is 0 Å². The fourth-order valence-electron chi connectivity index (χ4n) is 1.16. The topological polar surface area (TPSA) is 35.2 Å². The molecule has 72 valence electrons. The van der Waals surface area contributed by atoms with E-state index in [4.69, 9.17) is 10.5 Å². The first kappa shape index (κ1) is 10.2. The fraction of sp³-hybridized carbons (Fsp3) is 0.455. The van der Waals surface area contributed by atoms with E-state index in [2.05, 4.69) is 25.1 Å². The van der Waals surface area contributed by atoms with E-state index in [1.54, 1.807) is 0 Å². The molecule has 0 unspecified atom stereocenters. The predicted molar refractivity (Wildman–Crippen MR) is 54.5 cm³/mol. The largest absolute Gasteiger partial charge is 0.375 e. The molecule has 1 aromatic rings. The van der Waals surface area contributed by atoms with Gasteiger partial charge >= 0.3 is 0 Å². The minimum absolute atomic E-state index is 0.116. The van der Waals surface area contributed by atoms with Crippen LogP contribution in [0.25, 0.3) is 0 Å². The molecule has 13 heavy (non-hydrogen) atoms. The van der Waals surface area contributed by atoms with Gasteiger partial charge in [-0.05, 0) is 19.4 Å². The Morgan fingerprint density at radius 3 is 2.85 bits per heavy atom. The second-order valence-electron chi connectivity index (χ2n) is 3.48. The second kappa shape index (κ2) is 5.00. The van der Waals surface area contributed by atoms with Gasteiger partial charge in [0, 0.05) is 6.04 Å². The Balaban J connectivity index is 2.37. The Morgan fingerprint density at radius 1 is 1.46 bits per heavy atom. The van der Waals surface area contributed by atoms with Crippen LogP contribution in [0, 0.1) is 6.92 Å². The summed E-state index contributed by atoms with van der Waals surface area (Å²) in [6, 6.07) is 8.43. The van der Waals surface area contributed by atoms with Crippen molar-refractivity contribution in [1.82, 2.24) is 0 Å². The van der Waals surface area contributed by atoms with Gasteiger partial charge in [-0.3, -0.25) is 0 Å². The zero-order valence-electron chi connectivity index (χ0n) is 8.29. The van der Waals surface area contributed by atoms with Crippen LogP contribution in [0.15, 0.2) is 24.3 Å². The van der Waals surface area contributed by atoms with Gasteiger partial charge in [-0.1, -0.05) is 29.8 Å². The maximum Gasteiger partial charge on any atom is 0.0717 e. The van der Waals surface area contributed by atoms with E-state index < -0.39 is 0 Å². The summed E-state index contributed by atoms with van der Waals surface area (Å²) in [4.78, 5) is 0. The van der Waals surface area contributed by atoms with E-state index in [1.165, 1.54) is 11.1 Å². The molecule has 0 bridgehead atoms. The normalized spacial score (nSPS) is 12.8. The molecular weight excluding hydrogens is 162 g/mol. The summed E-state index contributed by atoms with van der Waals surface area (Å²) >= 11 is 0. The van der Waals surface area contributed by atoms with E-state index >= 15 is 0 Å². The summed E-state index contributed by atoms with van der Waals surface area (Å²) < 4.78 is 5.41. The highest BCUT2D eigenvalue weighted by Gasteiger charge is 1.95.